The van der Waals surface area contributed by atoms with Crippen molar-refractivity contribution >= 4 is 46.4 Å². The summed E-state index contributed by atoms with van der Waals surface area (Å²) in [6.07, 6.45) is 15.2. The second kappa shape index (κ2) is 15.1. The molecule has 2 fully saturated rings. The number of nitrogens with one attached hydrogen (secondary N) is 1. The van der Waals surface area contributed by atoms with Gasteiger partial charge in [0.2, 0.25) is 0 Å². The van der Waals surface area contributed by atoms with Gasteiger partial charge in [0.15, 0.2) is 0 Å². The van der Waals surface area contributed by atoms with Crippen LogP contribution in [0.4, 0.5) is 0 Å². The number of hydrogen-bond acceptors (Lipinski definition) is 2. The van der Waals surface area contributed by atoms with Crippen LogP contribution < -0.4 is 5.32 Å². The van der Waals surface area contributed by atoms with Crippen LogP contribution in [0.2, 0.25) is 20.1 Å². The molecule has 2 aliphatic rings. The van der Waals surface area contributed by atoms with Gasteiger partial charge >= 0.3 is 0 Å². The number of likely N-dealkylation sites (N-methyl/N-ethyl adjacent to an activating group) is 2. The second-order valence-electron chi connectivity index (χ2n) is 11.8. The highest BCUT2D eigenvalue weighted by Crippen LogP contribution is 2.46. The third-order valence-electron chi connectivity index (χ3n) is 9.55. The highest BCUT2D eigenvalue weighted by molar-refractivity contribution is 6.42. The molecule has 2 aromatic carbocycles. The van der Waals surface area contributed by atoms with Gasteiger partial charge in [-0.25, -0.2) is 0 Å². The molecule has 2 nitrogen and oxygen atoms in total. The van der Waals surface area contributed by atoms with Crippen molar-refractivity contribution in [3.63, 3.8) is 0 Å². The molecule has 0 bridgehead atoms. The monoisotopic (exact) mass is 612 g/mol. The van der Waals surface area contributed by atoms with Gasteiger partial charge in [-0.15, -0.1) is 0 Å². The van der Waals surface area contributed by atoms with E-state index in [0.29, 0.717) is 32.2 Å². The molecule has 0 aromatic heterocycles. The van der Waals surface area contributed by atoms with Crippen molar-refractivity contribution < 1.29 is 0 Å². The standard InChI is InChI=1S/C17H25Cl2N.C16H23Cl2N/c1-4-16(20(2)3)17(10-6-5-7-11-17)13-8-9-14(18)15(19)12-13;1-3-15(19-2)16(9-5-4-6-10-16)12-7-8-13(17)14(18)11-12/h8-9,12,16H,4-7,10-11H2,1-3H3;7-8,11,15,19H,3-6,9-10H2,1-2H3. The van der Waals surface area contributed by atoms with Crippen LogP contribution in [-0.4, -0.2) is 38.1 Å². The third kappa shape index (κ3) is 7.49. The van der Waals surface area contributed by atoms with Gasteiger partial charge in [0.25, 0.3) is 0 Å². The molecule has 0 radical (unpaired) electrons. The number of rotatable bonds is 8. The lowest BCUT2D eigenvalue weighted by molar-refractivity contribution is 0.126. The number of benzene rings is 2. The average molecular weight is 615 g/mol. The van der Waals surface area contributed by atoms with Crippen LogP contribution in [0.15, 0.2) is 36.4 Å². The smallest absolute Gasteiger partial charge is 0.0595 e. The van der Waals surface area contributed by atoms with E-state index < -0.39 is 0 Å². The minimum absolute atomic E-state index is 0.218. The van der Waals surface area contributed by atoms with E-state index in [-0.39, 0.29) is 10.8 Å². The fourth-order valence-electron chi connectivity index (χ4n) is 7.75. The van der Waals surface area contributed by atoms with Gasteiger partial charge < -0.3 is 10.2 Å². The lowest BCUT2D eigenvalue weighted by Crippen LogP contribution is -2.48. The Morgan fingerprint density at radius 2 is 1.10 bits per heavy atom. The maximum atomic E-state index is 6.28. The molecule has 1 N–H and O–H groups in total. The first-order valence-corrected chi connectivity index (χ1v) is 16.4. The van der Waals surface area contributed by atoms with Crippen LogP contribution in [0.5, 0.6) is 0 Å². The Balaban J connectivity index is 0.000000216. The van der Waals surface area contributed by atoms with Crippen LogP contribution in [0.1, 0.15) is 102 Å². The van der Waals surface area contributed by atoms with E-state index in [1.165, 1.54) is 75.3 Å². The van der Waals surface area contributed by atoms with Gasteiger partial charge in [0.1, 0.15) is 0 Å². The topological polar surface area (TPSA) is 15.3 Å². The molecule has 4 rings (SSSR count). The molecule has 0 aliphatic heterocycles. The lowest BCUT2D eigenvalue weighted by Gasteiger charge is -2.47. The molecule has 2 atom stereocenters. The summed E-state index contributed by atoms with van der Waals surface area (Å²) < 4.78 is 0. The minimum Gasteiger partial charge on any atom is -0.316 e. The third-order valence-corrected chi connectivity index (χ3v) is 11.0. The van der Waals surface area contributed by atoms with Crippen LogP contribution in [0.25, 0.3) is 0 Å². The number of hydrogen-bond donors (Lipinski definition) is 1. The van der Waals surface area contributed by atoms with Crippen LogP contribution in [-0.2, 0) is 10.8 Å². The molecule has 2 saturated carbocycles. The molecule has 2 aromatic rings. The second-order valence-corrected chi connectivity index (χ2v) is 13.5. The Kier molecular flexibility index (Phi) is 12.8. The Morgan fingerprint density at radius 1 is 0.667 bits per heavy atom. The van der Waals surface area contributed by atoms with Crippen molar-refractivity contribution in [2.45, 2.75) is 114 Å². The first-order valence-electron chi connectivity index (χ1n) is 14.9. The zero-order valence-electron chi connectivity index (χ0n) is 24.6. The first-order chi connectivity index (χ1) is 18.6. The first kappa shape index (κ1) is 33.0. The predicted octanol–water partition coefficient (Wildman–Crippen LogP) is 10.7. The largest absolute Gasteiger partial charge is 0.316 e. The van der Waals surface area contributed by atoms with Gasteiger partial charge in [-0.1, -0.05) is 111 Å². The molecule has 39 heavy (non-hydrogen) atoms. The quantitative estimate of drug-likeness (QED) is 0.318. The van der Waals surface area contributed by atoms with E-state index >= 15 is 0 Å². The molecule has 0 heterocycles. The Labute approximate surface area is 258 Å². The summed E-state index contributed by atoms with van der Waals surface area (Å²) in [4.78, 5) is 2.38. The molecule has 2 unspecified atom stereocenters. The fourth-order valence-corrected chi connectivity index (χ4v) is 8.35. The minimum atomic E-state index is 0.218. The Hall–Kier alpha value is -0.480. The highest BCUT2D eigenvalue weighted by atomic mass is 35.5. The molecule has 0 spiro atoms. The summed E-state index contributed by atoms with van der Waals surface area (Å²) in [5.74, 6) is 0. The van der Waals surface area contributed by atoms with E-state index in [1.54, 1.807) is 0 Å². The van der Waals surface area contributed by atoms with Crippen molar-refractivity contribution in [3.8, 4) is 0 Å². The summed E-state index contributed by atoms with van der Waals surface area (Å²) >= 11 is 24.7. The lowest BCUT2D eigenvalue weighted by atomic mass is 9.64. The van der Waals surface area contributed by atoms with E-state index in [0.717, 1.165) is 12.8 Å². The predicted molar refractivity (Wildman–Crippen MR) is 173 cm³/mol. The van der Waals surface area contributed by atoms with Gasteiger partial charge in [0.05, 0.1) is 20.1 Å². The maximum Gasteiger partial charge on any atom is 0.0595 e. The average Bonchev–Trinajstić information content (AvgIpc) is 2.94. The van der Waals surface area contributed by atoms with Crippen LogP contribution in [0.3, 0.4) is 0 Å². The molecule has 6 heteroatoms. The summed E-state index contributed by atoms with van der Waals surface area (Å²) in [5.41, 5.74) is 3.16. The summed E-state index contributed by atoms with van der Waals surface area (Å²) in [6, 6.07) is 13.5. The van der Waals surface area contributed by atoms with Gasteiger partial charge in [0, 0.05) is 22.9 Å². The van der Waals surface area contributed by atoms with Crippen molar-refractivity contribution in [3.05, 3.63) is 67.6 Å². The molecule has 0 amide bonds. The van der Waals surface area contributed by atoms with Crippen molar-refractivity contribution in [2.75, 3.05) is 21.1 Å². The zero-order chi connectivity index (χ0) is 28.6. The molecular weight excluding hydrogens is 566 g/mol. The summed E-state index contributed by atoms with van der Waals surface area (Å²) in [6.45, 7) is 4.55. The SMILES string of the molecule is CCC(N(C)C)C1(c2ccc(Cl)c(Cl)c2)CCCCC1.CCC(NC)C1(c2ccc(Cl)c(Cl)c2)CCCCC1. The van der Waals surface area contributed by atoms with E-state index in [4.69, 9.17) is 46.4 Å². The molecular formula is C33H48Cl4N2. The molecule has 218 valence electrons. The zero-order valence-corrected chi connectivity index (χ0v) is 27.6. The van der Waals surface area contributed by atoms with Crippen LogP contribution >= 0.6 is 46.4 Å². The number of halogens is 4. The molecule has 0 saturated heterocycles. The van der Waals surface area contributed by atoms with Crippen molar-refractivity contribution in [2.24, 2.45) is 0 Å². The normalized spacial score (nSPS) is 20.2. The van der Waals surface area contributed by atoms with E-state index in [2.05, 4.69) is 69.5 Å². The van der Waals surface area contributed by atoms with Gasteiger partial charge in [-0.2, -0.15) is 0 Å². The van der Waals surface area contributed by atoms with E-state index in [9.17, 15) is 0 Å². The van der Waals surface area contributed by atoms with Gasteiger partial charge in [-0.3, -0.25) is 0 Å². The fraction of sp³-hybridized carbons (Fsp3) is 0.636. The Bertz CT molecular complexity index is 1040. The van der Waals surface area contributed by atoms with Crippen molar-refractivity contribution in [1.82, 2.24) is 10.2 Å². The Morgan fingerprint density at radius 3 is 1.46 bits per heavy atom. The number of nitrogens with zero attached hydrogens (tertiary/aromatic N) is 1. The van der Waals surface area contributed by atoms with Crippen LogP contribution in [0, 0.1) is 0 Å². The highest BCUT2D eigenvalue weighted by Gasteiger charge is 2.42. The van der Waals surface area contributed by atoms with Crippen molar-refractivity contribution in [1.29, 1.82) is 0 Å². The van der Waals surface area contributed by atoms with E-state index in [1.807, 2.05) is 12.1 Å². The summed E-state index contributed by atoms with van der Waals surface area (Å²) in [7, 11) is 6.46. The summed E-state index contributed by atoms with van der Waals surface area (Å²) in [5, 5.41) is 6.18. The maximum absolute atomic E-state index is 6.28. The molecule has 2 aliphatic carbocycles. The van der Waals surface area contributed by atoms with Gasteiger partial charge in [-0.05, 0) is 95.1 Å².